The maximum absolute atomic E-state index is 12.5. The lowest BCUT2D eigenvalue weighted by molar-refractivity contribution is 0.0696. The fraction of sp³-hybridized carbons (Fsp3) is 0.267. The van der Waals surface area contributed by atoms with Crippen molar-refractivity contribution in [3.63, 3.8) is 0 Å². The Morgan fingerprint density at radius 3 is 2.59 bits per heavy atom. The Morgan fingerprint density at radius 1 is 1.32 bits per heavy atom. The molecule has 0 unspecified atom stereocenters. The summed E-state index contributed by atoms with van der Waals surface area (Å²) < 4.78 is 26.3. The fourth-order valence-corrected chi connectivity index (χ4v) is 4.01. The van der Waals surface area contributed by atoms with Gasteiger partial charge in [-0.2, -0.15) is 0 Å². The van der Waals surface area contributed by atoms with Crippen LogP contribution in [0.15, 0.2) is 40.6 Å². The summed E-state index contributed by atoms with van der Waals surface area (Å²) in [5, 5.41) is 11.0. The highest BCUT2D eigenvalue weighted by Crippen LogP contribution is 2.19. The summed E-state index contributed by atoms with van der Waals surface area (Å²) in [5.41, 5.74) is 0.542. The second-order valence-electron chi connectivity index (χ2n) is 4.94. The molecule has 0 amide bonds. The zero-order chi connectivity index (χ0) is 16.3. The number of likely N-dealkylation sites (N-methyl/N-ethyl adjacent to an activating group) is 1. The van der Waals surface area contributed by atoms with Gasteiger partial charge >= 0.3 is 5.97 Å². The number of benzene rings is 1. The highest BCUT2D eigenvalue weighted by atomic mass is 32.2. The molecule has 7 heteroatoms. The maximum Gasteiger partial charge on any atom is 0.335 e. The molecule has 2 aromatic rings. The van der Waals surface area contributed by atoms with Crippen molar-refractivity contribution in [2.45, 2.75) is 18.2 Å². The Kier molecular flexibility index (Phi) is 5.00. The molecule has 0 saturated carbocycles. The Morgan fingerprint density at radius 2 is 2.05 bits per heavy atom. The lowest BCUT2D eigenvalue weighted by Crippen LogP contribution is -2.29. The zero-order valence-corrected chi connectivity index (χ0v) is 13.9. The molecule has 118 valence electrons. The van der Waals surface area contributed by atoms with E-state index in [0.717, 1.165) is 4.88 Å². The van der Waals surface area contributed by atoms with Gasteiger partial charge in [0.25, 0.3) is 0 Å². The second kappa shape index (κ2) is 6.60. The first-order valence-electron chi connectivity index (χ1n) is 6.65. The Bertz CT molecular complexity index is 767. The normalized spacial score (nSPS) is 11.8. The number of thiophene rings is 1. The summed E-state index contributed by atoms with van der Waals surface area (Å²) in [6, 6.07) is 7.98. The van der Waals surface area contributed by atoms with Crippen LogP contribution in [-0.4, -0.2) is 37.4 Å². The second-order valence-corrected chi connectivity index (χ2v) is 8.01. The molecule has 0 spiro atoms. The van der Waals surface area contributed by atoms with Gasteiger partial charge < -0.3 is 5.11 Å². The van der Waals surface area contributed by atoms with E-state index in [2.05, 4.69) is 0 Å². The van der Waals surface area contributed by atoms with Crippen LogP contribution in [0.5, 0.6) is 0 Å². The minimum Gasteiger partial charge on any atom is -0.478 e. The molecule has 0 aliphatic carbocycles. The average Bonchev–Trinajstić information content (AvgIpc) is 2.97. The molecule has 5 nitrogen and oxygen atoms in total. The van der Waals surface area contributed by atoms with Crippen molar-refractivity contribution in [3.8, 4) is 0 Å². The number of nitrogens with zero attached hydrogens (tertiary/aromatic N) is 1. The number of carbonyl (C=O) groups is 1. The Hall–Kier alpha value is -1.70. The quantitative estimate of drug-likeness (QED) is 0.878. The van der Waals surface area contributed by atoms with Crippen LogP contribution in [0, 0.1) is 6.92 Å². The predicted molar refractivity (Wildman–Crippen MR) is 86.0 cm³/mol. The minimum absolute atomic E-state index is 0.111. The standard InChI is InChI=1S/C15H17NO4S2/c1-11-10-13(5-6-14(11)15(17)18)22(19,20)16(2)8-7-12-4-3-9-21-12/h3-6,9-10H,7-8H2,1-2H3,(H,17,18). The first kappa shape index (κ1) is 16.7. The van der Waals surface area contributed by atoms with Gasteiger partial charge in [0.15, 0.2) is 0 Å². The molecule has 0 aliphatic heterocycles. The van der Waals surface area contributed by atoms with Gasteiger partial charge in [0.2, 0.25) is 10.0 Å². The molecule has 0 bridgehead atoms. The smallest absolute Gasteiger partial charge is 0.335 e. The summed E-state index contributed by atoms with van der Waals surface area (Å²) in [6.45, 7) is 1.97. The molecule has 1 N–H and O–H groups in total. The summed E-state index contributed by atoms with van der Waals surface area (Å²) in [5.74, 6) is -1.06. The number of sulfonamides is 1. The molecule has 0 fully saturated rings. The molecule has 22 heavy (non-hydrogen) atoms. The molecule has 1 aromatic carbocycles. The average molecular weight is 339 g/mol. The van der Waals surface area contributed by atoms with Crippen LogP contribution in [0.4, 0.5) is 0 Å². The minimum atomic E-state index is -3.61. The van der Waals surface area contributed by atoms with Gasteiger partial charge in [-0.05, 0) is 48.6 Å². The number of hydrogen-bond acceptors (Lipinski definition) is 4. The first-order chi connectivity index (χ1) is 10.3. The summed E-state index contributed by atoms with van der Waals surface area (Å²) >= 11 is 1.59. The van der Waals surface area contributed by atoms with E-state index in [9.17, 15) is 13.2 Å². The fourth-order valence-electron chi connectivity index (χ4n) is 2.06. The van der Waals surface area contributed by atoms with E-state index < -0.39 is 16.0 Å². The van der Waals surface area contributed by atoms with Crippen LogP contribution in [-0.2, 0) is 16.4 Å². The molecule has 0 saturated heterocycles. The molecule has 2 rings (SSSR count). The molecule has 1 aromatic heterocycles. The Balaban J connectivity index is 2.18. The van der Waals surface area contributed by atoms with Gasteiger partial charge in [-0.3, -0.25) is 0 Å². The lowest BCUT2D eigenvalue weighted by atomic mass is 10.1. The molecular formula is C15H17NO4S2. The zero-order valence-electron chi connectivity index (χ0n) is 12.3. The SMILES string of the molecule is Cc1cc(S(=O)(=O)N(C)CCc2cccs2)ccc1C(=O)O. The first-order valence-corrected chi connectivity index (χ1v) is 8.97. The van der Waals surface area contributed by atoms with Crippen LogP contribution in [0.1, 0.15) is 20.8 Å². The van der Waals surface area contributed by atoms with Crippen molar-refractivity contribution in [2.75, 3.05) is 13.6 Å². The van der Waals surface area contributed by atoms with E-state index >= 15 is 0 Å². The molecule has 0 atom stereocenters. The van der Waals surface area contributed by atoms with Gasteiger partial charge in [0.1, 0.15) is 0 Å². The van der Waals surface area contributed by atoms with E-state index in [0.29, 0.717) is 18.5 Å². The third-order valence-electron chi connectivity index (χ3n) is 3.39. The highest BCUT2D eigenvalue weighted by molar-refractivity contribution is 7.89. The van der Waals surface area contributed by atoms with Crippen molar-refractivity contribution in [2.24, 2.45) is 0 Å². The van der Waals surface area contributed by atoms with Crippen molar-refractivity contribution in [1.29, 1.82) is 0 Å². The predicted octanol–water partition coefficient (Wildman–Crippen LogP) is 2.62. The van der Waals surface area contributed by atoms with Crippen LogP contribution >= 0.6 is 11.3 Å². The topological polar surface area (TPSA) is 74.7 Å². The summed E-state index contributed by atoms with van der Waals surface area (Å²) in [4.78, 5) is 12.2. The van der Waals surface area contributed by atoms with Crippen molar-refractivity contribution in [1.82, 2.24) is 4.31 Å². The number of rotatable bonds is 6. The summed E-state index contributed by atoms with van der Waals surface area (Å²) in [6.07, 6.45) is 0.652. The number of aryl methyl sites for hydroxylation is 1. The molecule has 0 aliphatic rings. The number of carboxylic acid groups (broad SMARTS) is 1. The highest BCUT2D eigenvalue weighted by Gasteiger charge is 2.22. The maximum atomic E-state index is 12.5. The van der Waals surface area contributed by atoms with Gasteiger partial charge in [-0.15, -0.1) is 11.3 Å². The van der Waals surface area contributed by atoms with Gasteiger partial charge in [0, 0.05) is 18.5 Å². The molecule has 1 heterocycles. The van der Waals surface area contributed by atoms with E-state index in [-0.39, 0.29) is 10.5 Å². The van der Waals surface area contributed by atoms with E-state index in [1.807, 2.05) is 17.5 Å². The van der Waals surface area contributed by atoms with Crippen molar-refractivity contribution < 1.29 is 18.3 Å². The number of hydrogen-bond donors (Lipinski definition) is 1. The van der Waals surface area contributed by atoms with Crippen LogP contribution in [0.2, 0.25) is 0 Å². The van der Waals surface area contributed by atoms with Crippen LogP contribution in [0.25, 0.3) is 0 Å². The van der Waals surface area contributed by atoms with Gasteiger partial charge in [-0.1, -0.05) is 6.07 Å². The third kappa shape index (κ3) is 3.55. The van der Waals surface area contributed by atoms with Crippen molar-refractivity contribution >= 4 is 27.3 Å². The monoisotopic (exact) mass is 339 g/mol. The van der Waals surface area contributed by atoms with E-state index in [1.165, 1.54) is 29.6 Å². The molecule has 0 radical (unpaired) electrons. The largest absolute Gasteiger partial charge is 0.478 e. The van der Waals surface area contributed by atoms with Gasteiger partial charge in [0.05, 0.1) is 10.5 Å². The molecular weight excluding hydrogens is 322 g/mol. The Labute approximate surface area is 133 Å². The number of aromatic carboxylic acids is 1. The summed E-state index contributed by atoms with van der Waals surface area (Å²) in [7, 11) is -2.08. The van der Waals surface area contributed by atoms with Crippen molar-refractivity contribution in [3.05, 3.63) is 51.7 Å². The number of carboxylic acids is 1. The third-order valence-corrected chi connectivity index (χ3v) is 6.18. The van der Waals surface area contributed by atoms with Gasteiger partial charge in [-0.25, -0.2) is 17.5 Å². The lowest BCUT2D eigenvalue weighted by Gasteiger charge is -2.17. The van der Waals surface area contributed by atoms with Crippen LogP contribution < -0.4 is 0 Å². The van der Waals surface area contributed by atoms with E-state index in [1.54, 1.807) is 18.3 Å². The van der Waals surface area contributed by atoms with E-state index in [4.69, 9.17) is 5.11 Å². The van der Waals surface area contributed by atoms with Crippen LogP contribution in [0.3, 0.4) is 0 Å².